The Bertz CT molecular complexity index is 1910. The number of aromatic nitrogens is 3. The van der Waals surface area contributed by atoms with Gasteiger partial charge in [0.2, 0.25) is 5.95 Å². The van der Waals surface area contributed by atoms with E-state index in [-0.39, 0.29) is 63.4 Å². The Morgan fingerprint density at radius 3 is 2.29 bits per heavy atom. The second-order valence-electron chi connectivity index (χ2n) is 10.1. The third-order valence-corrected chi connectivity index (χ3v) is 9.06. The molecule has 2 N–H and O–H groups in total. The van der Waals surface area contributed by atoms with E-state index >= 15 is 0 Å². The summed E-state index contributed by atoms with van der Waals surface area (Å²) in [5.41, 5.74) is -0.579. The van der Waals surface area contributed by atoms with Gasteiger partial charge in [-0.15, -0.1) is 0 Å². The SMILES string of the molecule is COc1ccc(-c2ccc3nc(NCc4cccc(S(C)(=O)=O)c4)nc(NC4(C(F)(F)F)CC4)c3n2)cc1S(C)(=O)=O. The minimum Gasteiger partial charge on any atom is -0.495 e. The molecule has 4 aromatic rings. The highest BCUT2D eigenvalue weighted by atomic mass is 32.2. The Morgan fingerprint density at radius 1 is 0.929 bits per heavy atom. The molecule has 0 bridgehead atoms. The number of pyridine rings is 1. The van der Waals surface area contributed by atoms with Crippen molar-refractivity contribution >= 4 is 42.5 Å². The van der Waals surface area contributed by atoms with Gasteiger partial charge in [0, 0.05) is 24.6 Å². The zero-order valence-electron chi connectivity index (χ0n) is 22.7. The maximum Gasteiger partial charge on any atom is 0.411 e. The van der Waals surface area contributed by atoms with E-state index in [1.54, 1.807) is 30.3 Å². The van der Waals surface area contributed by atoms with Crippen molar-refractivity contribution in [2.75, 3.05) is 30.3 Å². The quantitative estimate of drug-likeness (QED) is 0.272. The summed E-state index contributed by atoms with van der Waals surface area (Å²) in [4.78, 5) is 13.3. The molecule has 0 saturated heterocycles. The Hall–Kier alpha value is -3.98. The number of methoxy groups -OCH3 is 1. The number of alkyl halides is 3. The van der Waals surface area contributed by atoms with Crippen LogP contribution in [0.4, 0.5) is 24.9 Å². The van der Waals surface area contributed by atoms with Gasteiger partial charge >= 0.3 is 6.18 Å². The summed E-state index contributed by atoms with van der Waals surface area (Å²) in [6.07, 6.45) is -2.69. The molecule has 0 radical (unpaired) electrons. The van der Waals surface area contributed by atoms with E-state index in [1.807, 2.05) is 0 Å². The van der Waals surface area contributed by atoms with Crippen molar-refractivity contribution in [2.45, 2.75) is 40.9 Å². The molecule has 15 heteroatoms. The van der Waals surface area contributed by atoms with Crippen molar-refractivity contribution in [1.82, 2.24) is 15.0 Å². The molecule has 1 saturated carbocycles. The number of hydrogen-bond donors (Lipinski definition) is 2. The predicted molar refractivity (Wildman–Crippen MR) is 151 cm³/mol. The average molecular weight is 622 g/mol. The molecule has 0 amide bonds. The van der Waals surface area contributed by atoms with Gasteiger partial charge < -0.3 is 15.4 Å². The van der Waals surface area contributed by atoms with Crippen LogP contribution >= 0.6 is 0 Å². The summed E-state index contributed by atoms with van der Waals surface area (Å²) in [5.74, 6) is -0.00151. The highest BCUT2D eigenvalue weighted by molar-refractivity contribution is 7.91. The van der Waals surface area contributed by atoms with Crippen molar-refractivity contribution in [2.24, 2.45) is 0 Å². The Balaban J connectivity index is 1.56. The van der Waals surface area contributed by atoms with Gasteiger partial charge in [-0.3, -0.25) is 0 Å². The molecule has 2 heterocycles. The van der Waals surface area contributed by atoms with Crippen LogP contribution in [0.3, 0.4) is 0 Å². The number of nitrogens with zero attached hydrogens (tertiary/aromatic N) is 3. The second-order valence-corrected chi connectivity index (χ2v) is 14.1. The number of rotatable bonds is 9. The van der Waals surface area contributed by atoms with E-state index in [0.717, 1.165) is 12.5 Å². The molecule has 10 nitrogen and oxygen atoms in total. The monoisotopic (exact) mass is 621 g/mol. The first-order valence-electron chi connectivity index (χ1n) is 12.5. The second kappa shape index (κ2) is 10.4. The van der Waals surface area contributed by atoms with Crippen LogP contribution in [0.5, 0.6) is 5.75 Å². The van der Waals surface area contributed by atoms with Gasteiger partial charge in [-0.2, -0.15) is 18.2 Å². The standard InChI is InChI=1S/C27H26F3N5O5S2/c1-40-21-10-7-17(14-22(21)42(3,38)39)19-8-9-20-23(32-19)24(35-26(11-12-26)27(28,29)30)34-25(33-20)31-15-16-5-4-6-18(13-16)41(2,36)37/h4-10,13-14H,11-12,15H2,1-3H3,(H2,31,33,34,35). The van der Waals surface area contributed by atoms with E-state index in [2.05, 4.69) is 25.6 Å². The molecule has 1 fully saturated rings. The molecule has 0 atom stereocenters. The molecule has 2 aromatic heterocycles. The fraction of sp³-hybridized carbons (Fsp3) is 0.296. The number of anilines is 2. The minimum atomic E-state index is -4.54. The van der Waals surface area contributed by atoms with E-state index in [9.17, 15) is 30.0 Å². The fourth-order valence-electron chi connectivity index (χ4n) is 4.37. The third kappa shape index (κ3) is 5.97. The van der Waals surface area contributed by atoms with Crippen LogP contribution in [0.15, 0.2) is 64.4 Å². The van der Waals surface area contributed by atoms with Gasteiger partial charge in [0.15, 0.2) is 25.5 Å². The molecule has 222 valence electrons. The van der Waals surface area contributed by atoms with Crippen molar-refractivity contribution in [3.05, 3.63) is 60.2 Å². The lowest BCUT2D eigenvalue weighted by Crippen LogP contribution is -2.39. The summed E-state index contributed by atoms with van der Waals surface area (Å²) in [6, 6.07) is 13.8. The van der Waals surface area contributed by atoms with Crippen LogP contribution in [0.1, 0.15) is 18.4 Å². The van der Waals surface area contributed by atoms with Gasteiger partial charge in [0.05, 0.1) is 23.2 Å². The van der Waals surface area contributed by atoms with Crippen LogP contribution in [0, 0.1) is 0 Å². The van der Waals surface area contributed by atoms with Gasteiger partial charge in [0.1, 0.15) is 21.7 Å². The lowest BCUT2D eigenvalue weighted by atomic mass is 10.1. The smallest absolute Gasteiger partial charge is 0.411 e. The highest BCUT2D eigenvalue weighted by Gasteiger charge is 2.64. The van der Waals surface area contributed by atoms with Crippen molar-refractivity contribution in [3.8, 4) is 17.0 Å². The van der Waals surface area contributed by atoms with Gasteiger partial charge in [-0.05, 0) is 60.9 Å². The fourth-order valence-corrected chi connectivity index (χ4v) is 5.91. The predicted octanol–water partition coefficient (Wildman–Crippen LogP) is 4.63. The summed E-state index contributed by atoms with van der Waals surface area (Å²) in [5, 5.41) is 5.49. The molecule has 5 rings (SSSR count). The minimum absolute atomic E-state index is 0.00564. The first kappa shape index (κ1) is 29.5. The number of sulfone groups is 2. The van der Waals surface area contributed by atoms with E-state index in [4.69, 9.17) is 4.74 Å². The Morgan fingerprint density at radius 2 is 1.67 bits per heavy atom. The molecular weight excluding hydrogens is 595 g/mol. The number of benzene rings is 2. The van der Waals surface area contributed by atoms with Crippen molar-refractivity contribution < 1.29 is 34.7 Å². The largest absolute Gasteiger partial charge is 0.495 e. The normalized spacial score (nSPS) is 14.9. The van der Waals surface area contributed by atoms with Crippen molar-refractivity contribution in [1.29, 1.82) is 0 Å². The molecule has 2 aromatic carbocycles. The number of fused-ring (bicyclic) bond motifs is 1. The Labute approximate surface area is 240 Å². The maximum absolute atomic E-state index is 13.9. The lowest BCUT2D eigenvalue weighted by Gasteiger charge is -2.22. The third-order valence-electron chi connectivity index (χ3n) is 6.83. The number of ether oxygens (including phenoxy) is 1. The molecule has 1 aliphatic rings. The topological polar surface area (TPSA) is 140 Å². The number of nitrogens with one attached hydrogen (secondary N) is 2. The number of hydrogen-bond acceptors (Lipinski definition) is 10. The van der Waals surface area contributed by atoms with E-state index in [1.165, 1.54) is 31.4 Å². The summed E-state index contributed by atoms with van der Waals surface area (Å²) >= 11 is 0. The van der Waals surface area contributed by atoms with Crippen LogP contribution in [0.2, 0.25) is 0 Å². The number of halogens is 3. The van der Waals surface area contributed by atoms with Crippen LogP contribution in [-0.2, 0) is 26.2 Å². The molecule has 0 unspecified atom stereocenters. The van der Waals surface area contributed by atoms with E-state index in [0.29, 0.717) is 11.1 Å². The van der Waals surface area contributed by atoms with Crippen LogP contribution in [0.25, 0.3) is 22.3 Å². The van der Waals surface area contributed by atoms with Gasteiger partial charge in [-0.25, -0.2) is 26.8 Å². The van der Waals surface area contributed by atoms with Gasteiger partial charge in [0.25, 0.3) is 0 Å². The molecule has 0 spiro atoms. The first-order chi connectivity index (χ1) is 19.6. The summed E-state index contributed by atoms with van der Waals surface area (Å²) < 4.78 is 95.3. The Kier molecular flexibility index (Phi) is 7.29. The van der Waals surface area contributed by atoms with E-state index < -0.39 is 31.4 Å². The van der Waals surface area contributed by atoms with Gasteiger partial charge in [-0.1, -0.05) is 12.1 Å². The zero-order chi connectivity index (χ0) is 30.5. The van der Waals surface area contributed by atoms with Crippen molar-refractivity contribution in [3.63, 3.8) is 0 Å². The lowest BCUT2D eigenvalue weighted by molar-refractivity contribution is -0.151. The summed E-state index contributed by atoms with van der Waals surface area (Å²) in [6.45, 7) is 0.102. The summed E-state index contributed by atoms with van der Waals surface area (Å²) in [7, 11) is -5.76. The highest BCUT2D eigenvalue weighted by Crippen LogP contribution is 2.51. The van der Waals surface area contributed by atoms with Crippen LogP contribution in [-0.4, -0.2) is 63.1 Å². The molecule has 1 aliphatic carbocycles. The molecule has 0 aliphatic heterocycles. The first-order valence-corrected chi connectivity index (χ1v) is 16.3. The van der Waals surface area contributed by atoms with Crippen LogP contribution < -0.4 is 15.4 Å². The molecular formula is C27H26F3N5O5S2. The average Bonchev–Trinajstić information content (AvgIpc) is 3.72. The maximum atomic E-state index is 13.9. The molecule has 42 heavy (non-hydrogen) atoms. The zero-order valence-corrected chi connectivity index (χ0v) is 24.3.